The Labute approximate surface area is 241 Å². The van der Waals surface area contributed by atoms with Crippen molar-refractivity contribution in [1.29, 1.82) is 0 Å². The number of carbonyl (C=O) groups is 2. The third-order valence-corrected chi connectivity index (χ3v) is 8.76. The minimum atomic E-state index is -0.620. The van der Waals surface area contributed by atoms with E-state index in [9.17, 15) is 18.4 Å². The number of halogens is 3. The Morgan fingerprint density at radius 2 is 1.75 bits per heavy atom. The van der Waals surface area contributed by atoms with Gasteiger partial charge in [-0.3, -0.25) is 14.5 Å². The molecule has 0 aliphatic carbocycles. The van der Waals surface area contributed by atoms with Gasteiger partial charge in [0.25, 0.3) is 0 Å². The predicted molar refractivity (Wildman–Crippen MR) is 156 cm³/mol. The highest BCUT2D eigenvalue weighted by atomic mass is 35.5. The molecule has 0 spiro atoms. The van der Waals surface area contributed by atoms with Gasteiger partial charge >= 0.3 is 0 Å². The summed E-state index contributed by atoms with van der Waals surface area (Å²) < 4.78 is 28.6. The van der Waals surface area contributed by atoms with Crippen molar-refractivity contribution in [2.45, 2.75) is 65.5 Å². The molecule has 2 aliphatic heterocycles. The van der Waals surface area contributed by atoms with Crippen LogP contribution in [0.25, 0.3) is 0 Å². The molecule has 3 atom stereocenters. The fraction of sp³-hybridized carbons (Fsp3) is 0.548. The van der Waals surface area contributed by atoms with Crippen molar-refractivity contribution in [2.24, 2.45) is 5.92 Å². The molecule has 2 amide bonds. The van der Waals surface area contributed by atoms with Gasteiger partial charge in [-0.05, 0) is 62.9 Å². The number of anilines is 1. The molecule has 0 aromatic heterocycles. The van der Waals surface area contributed by atoms with E-state index in [4.69, 9.17) is 11.6 Å². The molecule has 2 aromatic rings. The van der Waals surface area contributed by atoms with Crippen molar-refractivity contribution >= 4 is 29.1 Å². The number of likely N-dealkylation sites (tertiary alicyclic amines) is 1. The molecule has 0 bridgehead atoms. The maximum Gasteiger partial charge on any atom is 0.227 e. The molecule has 2 fully saturated rings. The summed E-state index contributed by atoms with van der Waals surface area (Å²) in [4.78, 5) is 32.1. The fourth-order valence-electron chi connectivity index (χ4n) is 6.01. The molecule has 0 saturated carbocycles. The Kier molecular flexibility index (Phi) is 9.10. The quantitative estimate of drug-likeness (QED) is 0.482. The molecular formula is C31H41ClF2N4O2. The predicted octanol–water partition coefficient (Wildman–Crippen LogP) is 5.68. The van der Waals surface area contributed by atoms with Crippen LogP contribution >= 0.6 is 11.6 Å². The highest BCUT2D eigenvalue weighted by Gasteiger charge is 2.44. The summed E-state index contributed by atoms with van der Waals surface area (Å²) in [5.74, 6) is -2.07. The van der Waals surface area contributed by atoms with E-state index in [1.807, 2.05) is 30.9 Å². The van der Waals surface area contributed by atoms with E-state index in [1.54, 1.807) is 0 Å². The Morgan fingerprint density at radius 3 is 2.33 bits per heavy atom. The van der Waals surface area contributed by atoms with Crippen molar-refractivity contribution in [3.05, 3.63) is 63.7 Å². The van der Waals surface area contributed by atoms with E-state index in [0.29, 0.717) is 49.9 Å². The summed E-state index contributed by atoms with van der Waals surface area (Å²) in [6, 6.07) is 7.52. The van der Waals surface area contributed by atoms with Gasteiger partial charge in [0.05, 0.1) is 12.0 Å². The molecule has 2 heterocycles. The van der Waals surface area contributed by atoms with Crippen LogP contribution in [-0.4, -0.2) is 66.4 Å². The number of aryl methyl sites for hydroxylation is 1. The molecule has 0 radical (unpaired) electrons. The highest BCUT2D eigenvalue weighted by Crippen LogP contribution is 2.39. The lowest BCUT2D eigenvalue weighted by atomic mass is 9.87. The number of hydrogen-bond donors (Lipinski definition) is 1. The topological polar surface area (TPSA) is 55.9 Å². The van der Waals surface area contributed by atoms with E-state index in [1.165, 1.54) is 19.1 Å². The maximum atomic E-state index is 14.9. The summed E-state index contributed by atoms with van der Waals surface area (Å²) in [6.07, 6.45) is 0.736. The van der Waals surface area contributed by atoms with E-state index < -0.39 is 17.6 Å². The third-order valence-electron chi connectivity index (χ3n) is 8.35. The van der Waals surface area contributed by atoms with Crippen LogP contribution in [0.1, 0.15) is 69.7 Å². The first-order chi connectivity index (χ1) is 18.8. The van der Waals surface area contributed by atoms with Gasteiger partial charge < -0.3 is 15.1 Å². The zero-order valence-corrected chi connectivity index (χ0v) is 25.1. The fourth-order valence-corrected chi connectivity index (χ4v) is 6.17. The van der Waals surface area contributed by atoms with E-state index in [2.05, 4.69) is 35.9 Å². The molecule has 9 heteroatoms. The summed E-state index contributed by atoms with van der Waals surface area (Å²) in [6.45, 7) is 15.1. The van der Waals surface area contributed by atoms with E-state index in [0.717, 1.165) is 29.3 Å². The molecule has 40 heavy (non-hydrogen) atoms. The smallest absolute Gasteiger partial charge is 0.227 e. The Hall–Kier alpha value is -2.71. The lowest BCUT2D eigenvalue weighted by Crippen LogP contribution is -2.51. The zero-order chi connectivity index (χ0) is 29.4. The summed E-state index contributed by atoms with van der Waals surface area (Å²) in [5.41, 5.74) is 3.14. The van der Waals surface area contributed by atoms with Crippen LogP contribution in [0.15, 0.2) is 30.3 Å². The van der Waals surface area contributed by atoms with E-state index >= 15 is 0 Å². The Morgan fingerprint density at radius 1 is 1.07 bits per heavy atom. The molecule has 3 unspecified atom stereocenters. The molecule has 6 nitrogen and oxygen atoms in total. The standard InChI is InChI=1S/C31H41ClF2N4O2/c1-7-28(35-20(3)39)23-14-19(2)26(32)16-29(23)36-10-12-37(13-11-36)30(40)25-18-38(31(4,5)6)17-24(25)22-9-8-21(33)15-27(22)34/h8-9,14-16,24-25,28H,7,10-13,17-18H2,1-6H3,(H,35,39). The first kappa shape index (κ1) is 30.3. The molecule has 2 aliphatic rings. The highest BCUT2D eigenvalue weighted by molar-refractivity contribution is 6.31. The monoisotopic (exact) mass is 574 g/mol. The van der Waals surface area contributed by atoms with E-state index in [-0.39, 0.29) is 29.3 Å². The van der Waals surface area contributed by atoms with Crippen molar-refractivity contribution in [1.82, 2.24) is 15.1 Å². The SMILES string of the molecule is CCC(NC(C)=O)c1cc(C)c(Cl)cc1N1CCN(C(=O)C2CN(C(C)(C)C)CC2c2ccc(F)cc2F)CC1. The molecule has 4 rings (SSSR count). The van der Waals surface area contributed by atoms with Gasteiger partial charge in [-0.15, -0.1) is 0 Å². The van der Waals surface area contributed by atoms with Crippen LogP contribution in [0.5, 0.6) is 0 Å². The number of carbonyl (C=O) groups excluding carboxylic acids is 2. The summed E-state index contributed by atoms with van der Waals surface area (Å²) >= 11 is 6.53. The van der Waals surface area contributed by atoms with Crippen LogP contribution in [0, 0.1) is 24.5 Å². The first-order valence-corrected chi connectivity index (χ1v) is 14.5. The minimum absolute atomic E-state index is 0.00645. The number of nitrogens with zero attached hydrogens (tertiary/aromatic N) is 3. The second kappa shape index (κ2) is 12.0. The molecule has 2 aromatic carbocycles. The number of piperazine rings is 1. The summed E-state index contributed by atoms with van der Waals surface area (Å²) in [5, 5.41) is 3.71. The second-order valence-corrected chi connectivity index (χ2v) is 12.5. The van der Waals surface area contributed by atoms with Crippen LogP contribution in [0.4, 0.5) is 14.5 Å². The Balaban J connectivity index is 1.55. The van der Waals surface area contributed by atoms with Crippen LogP contribution in [0.2, 0.25) is 5.02 Å². The number of benzene rings is 2. The maximum absolute atomic E-state index is 14.9. The number of hydrogen-bond acceptors (Lipinski definition) is 4. The lowest BCUT2D eigenvalue weighted by Gasteiger charge is -2.39. The van der Waals surface area contributed by atoms with Crippen LogP contribution in [0.3, 0.4) is 0 Å². The average molecular weight is 575 g/mol. The van der Waals surface area contributed by atoms with Gasteiger partial charge in [-0.1, -0.05) is 30.7 Å². The van der Waals surface area contributed by atoms with Crippen molar-refractivity contribution < 1.29 is 18.4 Å². The number of rotatable bonds is 6. The normalized spacial score (nSPS) is 21.0. The van der Waals surface area contributed by atoms with Gasteiger partial charge in [-0.25, -0.2) is 8.78 Å². The zero-order valence-electron chi connectivity index (χ0n) is 24.4. The van der Waals surface area contributed by atoms with Crippen molar-refractivity contribution in [3.8, 4) is 0 Å². The summed E-state index contributed by atoms with van der Waals surface area (Å²) in [7, 11) is 0. The number of amides is 2. The number of nitrogens with one attached hydrogen (secondary N) is 1. The molecule has 1 N–H and O–H groups in total. The second-order valence-electron chi connectivity index (χ2n) is 12.1. The van der Waals surface area contributed by atoms with Gasteiger partial charge in [0.1, 0.15) is 11.6 Å². The van der Waals surface area contributed by atoms with Gasteiger partial charge in [0.15, 0.2) is 0 Å². The van der Waals surface area contributed by atoms with Gasteiger partial charge in [-0.2, -0.15) is 0 Å². The molecule has 218 valence electrons. The average Bonchev–Trinajstić information content (AvgIpc) is 3.34. The van der Waals surface area contributed by atoms with Gasteiger partial charge in [0, 0.05) is 74.4 Å². The van der Waals surface area contributed by atoms with Gasteiger partial charge in [0.2, 0.25) is 11.8 Å². The van der Waals surface area contributed by atoms with Crippen molar-refractivity contribution in [3.63, 3.8) is 0 Å². The Bertz CT molecular complexity index is 1260. The lowest BCUT2D eigenvalue weighted by molar-refractivity contribution is -0.136. The molecule has 2 saturated heterocycles. The molecular weight excluding hydrogens is 534 g/mol. The first-order valence-electron chi connectivity index (χ1n) is 14.1. The largest absolute Gasteiger partial charge is 0.368 e. The van der Waals surface area contributed by atoms with Crippen LogP contribution in [-0.2, 0) is 9.59 Å². The minimum Gasteiger partial charge on any atom is -0.368 e. The third kappa shape index (κ3) is 6.44. The van der Waals surface area contributed by atoms with Crippen molar-refractivity contribution in [2.75, 3.05) is 44.2 Å². The van der Waals surface area contributed by atoms with Crippen LogP contribution < -0.4 is 10.2 Å².